The number of aromatic nitrogens is 5. The summed E-state index contributed by atoms with van der Waals surface area (Å²) in [6, 6.07) is 9.95. The molecule has 0 unspecified atom stereocenters. The Morgan fingerprint density at radius 2 is 1.90 bits per heavy atom. The smallest absolute Gasteiger partial charge is 0.300 e. The molecule has 0 N–H and O–H groups in total. The normalized spacial score (nSPS) is 12.3. The van der Waals surface area contributed by atoms with Crippen LogP contribution in [0.4, 0.5) is 23.4 Å². The molecular weight excluding hydrogens is 560 g/mol. The molecule has 0 bridgehead atoms. The number of pyridine rings is 2. The summed E-state index contributed by atoms with van der Waals surface area (Å²) in [5.74, 6) is -1.12. The van der Waals surface area contributed by atoms with Gasteiger partial charge in [-0.2, -0.15) is 18.3 Å². The van der Waals surface area contributed by atoms with Crippen molar-refractivity contribution in [3.05, 3.63) is 101 Å². The number of sulfonamides is 1. The zero-order chi connectivity index (χ0) is 27.9. The van der Waals surface area contributed by atoms with E-state index in [4.69, 9.17) is 11.6 Å². The first-order valence-corrected chi connectivity index (χ1v) is 13.3. The van der Waals surface area contributed by atoms with Crippen molar-refractivity contribution in [1.82, 2.24) is 24.1 Å². The van der Waals surface area contributed by atoms with Crippen molar-refractivity contribution < 1.29 is 26.0 Å². The number of imidazole rings is 1. The number of nitrogens with zero attached hydrogens (tertiary/aromatic N) is 6. The summed E-state index contributed by atoms with van der Waals surface area (Å²) in [4.78, 5) is 8.47. The van der Waals surface area contributed by atoms with Crippen molar-refractivity contribution in [3.63, 3.8) is 0 Å². The molecule has 0 aliphatic rings. The number of rotatable bonds is 7. The summed E-state index contributed by atoms with van der Waals surface area (Å²) in [6.07, 6.45) is 1.34. The van der Waals surface area contributed by atoms with E-state index in [2.05, 4.69) is 15.1 Å². The fourth-order valence-corrected chi connectivity index (χ4v) is 5.64. The van der Waals surface area contributed by atoms with Crippen LogP contribution in [-0.2, 0) is 29.2 Å². The first-order chi connectivity index (χ1) is 18.5. The Balaban J connectivity index is 1.64. The molecule has 5 aromatic rings. The van der Waals surface area contributed by atoms with E-state index in [1.165, 1.54) is 16.8 Å². The van der Waals surface area contributed by atoms with Crippen LogP contribution in [0.15, 0.2) is 78.2 Å². The molecule has 202 valence electrons. The van der Waals surface area contributed by atoms with Crippen LogP contribution in [0.5, 0.6) is 0 Å². The number of anilines is 1. The lowest BCUT2D eigenvalue weighted by molar-refractivity contribution is -0.140. The molecule has 39 heavy (non-hydrogen) atoms. The summed E-state index contributed by atoms with van der Waals surface area (Å²) in [6.45, 7) is 1.29. The number of hydrogen-bond acceptors (Lipinski definition) is 5. The van der Waals surface area contributed by atoms with Crippen molar-refractivity contribution >= 4 is 33.1 Å². The highest BCUT2D eigenvalue weighted by Gasteiger charge is 2.35. The zero-order valence-corrected chi connectivity index (χ0v) is 21.7. The second kappa shape index (κ2) is 9.97. The SMILES string of the molecule is CCc1c(N(Cc2ccc(C(F)(F)F)c(F)c2)S(=O)(=O)c2ccc(-n3cccn3)nc2)nc2ccc(Cl)cn12. The number of halogens is 5. The molecule has 4 aromatic heterocycles. The quantitative estimate of drug-likeness (QED) is 0.232. The van der Waals surface area contributed by atoms with Gasteiger partial charge in [0, 0.05) is 24.8 Å². The predicted octanol–water partition coefficient (Wildman–Crippen LogP) is 5.68. The van der Waals surface area contributed by atoms with Gasteiger partial charge in [-0.3, -0.25) is 0 Å². The van der Waals surface area contributed by atoms with E-state index in [9.17, 15) is 26.0 Å². The lowest BCUT2D eigenvalue weighted by Gasteiger charge is -2.24. The predicted molar refractivity (Wildman–Crippen MR) is 136 cm³/mol. The minimum atomic E-state index is -4.90. The summed E-state index contributed by atoms with van der Waals surface area (Å²) < 4.78 is 85.7. The highest BCUT2D eigenvalue weighted by molar-refractivity contribution is 7.92. The molecule has 1 aromatic carbocycles. The Kier molecular flexibility index (Phi) is 6.81. The summed E-state index contributed by atoms with van der Waals surface area (Å²) in [5, 5.41) is 4.45. The van der Waals surface area contributed by atoms with E-state index >= 15 is 0 Å². The first-order valence-electron chi connectivity index (χ1n) is 11.5. The Hall–Kier alpha value is -3.97. The topological polar surface area (TPSA) is 85.4 Å². The van der Waals surface area contributed by atoms with Crippen LogP contribution in [-0.4, -0.2) is 32.6 Å². The van der Waals surface area contributed by atoms with Gasteiger partial charge in [-0.15, -0.1) is 0 Å². The minimum absolute atomic E-state index is 0.0117. The molecule has 0 aliphatic carbocycles. The average molecular weight is 579 g/mol. The van der Waals surface area contributed by atoms with E-state index in [0.29, 0.717) is 40.7 Å². The van der Waals surface area contributed by atoms with Gasteiger partial charge in [0.1, 0.15) is 16.4 Å². The van der Waals surface area contributed by atoms with E-state index in [0.717, 1.165) is 16.6 Å². The summed E-state index contributed by atoms with van der Waals surface area (Å²) in [7, 11) is -4.39. The van der Waals surface area contributed by atoms with E-state index in [1.807, 2.05) is 0 Å². The third kappa shape index (κ3) is 5.06. The third-order valence-corrected chi connectivity index (χ3v) is 7.89. The van der Waals surface area contributed by atoms with Crippen LogP contribution in [0.25, 0.3) is 11.5 Å². The van der Waals surface area contributed by atoms with Crippen LogP contribution >= 0.6 is 11.6 Å². The molecule has 8 nitrogen and oxygen atoms in total. The molecule has 0 fully saturated rings. The van der Waals surface area contributed by atoms with Gasteiger partial charge in [-0.1, -0.05) is 24.6 Å². The largest absolute Gasteiger partial charge is 0.419 e. The molecule has 0 aliphatic heterocycles. The summed E-state index contributed by atoms with van der Waals surface area (Å²) >= 11 is 6.15. The monoisotopic (exact) mass is 578 g/mol. The van der Waals surface area contributed by atoms with E-state index < -0.39 is 34.1 Å². The van der Waals surface area contributed by atoms with Gasteiger partial charge in [0.15, 0.2) is 11.6 Å². The van der Waals surface area contributed by atoms with Gasteiger partial charge in [0.05, 0.1) is 22.8 Å². The fourth-order valence-electron chi connectivity index (χ4n) is 4.10. The zero-order valence-electron chi connectivity index (χ0n) is 20.1. The molecule has 0 saturated heterocycles. The molecule has 5 rings (SSSR count). The highest BCUT2D eigenvalue weighted by Crippen LogP contribution is 2.34. The highest BCUT2D eigenvalue weighted by atomic mass is 35.5. The minimum Gasteiger partial charge on any atom is -0.300 e. The lowest BCUT2D eigenvalue weighted by Crippen LogP contribution is -2.32. The van der Waals surface area contributed by atoms with Gasteiger partial charge in [-0.25, -0.2) is 31.8 Å². The second-order valence-electron chi connectivity index (χ2n) is 8.44. The maximum Gasteiger partial charge on any atom is 0.419 e. The molecule has 0 atom stereocenters. The van der Waals surface area contributed by atoms with E-state index in [-0.39, 0.29) is 16.3 Å². The lowest BCUT2D eigenvalue weighted by atomic mass is 10.1. The Morgan fingerprint density at radius 1 is 1.10 bits per heavy atom. The molecule has 0 spiro atoms. The standard InChI is InChI=1S/C25H19ClF4N6O2S/c1-2-21-24(33-23-8-5-17(26)15-34(21)23)36(14-16-4-7-19(20(27)12-16)25(28,29)30)39(37,38)18-6-9-22(31-13-18)35-11-3-10-32-35/h3-13,15H,2,14H2,1H3. The number of benzene rings is 1. The van der Waals surface area contributed by atoms with Crippen LogP contribution in [0.3, 0.4) is 0 Å². The van der Waals surface area contributed by atoms with Gasteiger partial charge in [-0.05, 0) is 54.4 Å². The Morgan fingerprint density at radius 3 is 2.51 bits per heavy atom. The van der Waals surface area contributed by atoms with Crippen LogP contribution in [0.1, 0.15) is 23.7 Å². The van der Waals surface area contributed by atoms with Crippen LogP contribution in [0.2, 0.25) is 5.02 Å². The molecule has 4 heterocycles. The van der Waals surface area contributed by atoms with Gasteiger partial charge >= 0.3 is 6.18 Å². The van der Waals surface area contributed by atoms with Crippen molar-refractivity contribution in [1.29, 1.82) is 0 Å². The van der Waals surface area contributed by atoms with Crippen molar-refractivity contribution in [2.24, 2.45) is 0 Å². The molecule has 0 saturated carbocycles. The third-order valence-electron chi connectivity index (χ3n) is 5.94. The van der Waals surface area contributed by atoms with Gasteiger partial charge in [0.25, 0.3) is 10.0 Å². The van der Waals surface area contributed by atoms with Crippen LogP contribution < -0.4 is 4.31 Å². The molecule has 0 amide bonds. The maximum absolute atomic E-state index is 14.4. The maximum atomic E-state index is 14.4. The average Bonchev–Trinajstić information content (AvgIpc) is 3.54. The van der Waals surface area contributed by atoms with Gasteiger partial charge < -0.3 is 4.40 Å². The molecular formula is C25H19ClF4N6O2S. The fraction of sp³-hybridized carbons (Fsp3) is 0.160. The Labute approximate surface area is 225 Å². The van der Waals surface area contributed by atoms with Crippen LogP contribution in [0, 0.1) is 5.82 Å². The van der Waals surface area contributed by atoms with Crippen molar-refractivity contribution in [3.8, 4) is 5.82 Å². The number of fused-ring (bicyclic) bond motifs is 1. The number of aryl methyl sites for hydroxylation is 1. The Bertz CT molecular complexity index is 1750. The summed E-state index contributed by atoms with van der Waals surface area (Å²) in [5.41, 5.74) is -0.584. The number of alkyl halides is 3. The number of hydrogen-bond donors (Lipinski definition) is 0. The van der Waals surface area contributed by atoms with E-state index in [1.54, 1.807) is 48.1 Å². The van der Waals surface area contributed by atoms with Crippen molar-refractivity contribution in [2.45, 2.75) is 31.0 Å². The van der Waals surface area contributed by atoms with Crippen molar-refractivity contribution in [2.75, 3.05) is 4.31 Å². The molecule has 0 radical (unpaired) electrons. The molecule has 14 heteroatoms. The first kappa shape index (κ1) is 26.6. The van der Waals surface area contributed by atoms with Gasteiger partial charge in [0.2, 0.25) is 0 Å². The second-order valence-corrected chi connectivity index (χ2v) is 10.7.